The monoisotopic (exact) mass is 627 g/mol. The van der Waals surface area contributed by atoms with E-state index in [-0.39, 0.29) is 5.41 Å². The number of rotatable bonds is 7. The third-order valence-corrected chi connectivity index (χ3v) is 9.97. The summed E-state index contributed by atoms with van der Waals surface area (Å²) in [6.45, 7) is 11.3. The molecule has 0 radical (unpaired) electrons. The normalized spacial score (nSPS) is 21.3. The number of hydrogen-bond acceptors (Lipinski definition) is 1. The molecule has 39 heavy (non-hydrogen) atoms. The maximum Gasteiger partial charge on any atom is 0.0798 e. The maximum absolute atomic E-state index is 5.16. The lowest BCUT2D eigenvalue weighted by atomic mass is 9.62. The Morgan fingerprint density at radius 1 is 1.00 bits per heavy atom. The molecule has 2 heteroatoms. The first-order valence-electron chi connectivity index (χ1n) is 14.6. The molecule has 0 amide bonds. The first kappa shape index (κ1) is 28.1. The summed E-state index contributed by atoms with van der Waals surface area (Å²) < 4.78 is 1.21. The van der Waals surface area contributed by atoms with Crippen molar-refractivity contribution in [3.05, 3.63) is 115 Å². The van der Waals surface area contributed by atoms with Gasteiger partial charge in [0.2, 0.25) is 0 Å². The van der Waals surface area contributed by atoms with Gasteiger partial charge in [-0.3, -0.25) is 4.99 Å². The molecule has 0 N–H and O–H groups in total. The van der Waals surface area contributed by atoms with Crippen LogP contribution in [0.2, 0.25) is 0 Å². The molecule has 0 unspecified atom stereocenters. The molecule has 3 aromatic carbocycles. The summed E-state index contributed by atoms with van der Waals surface area (Å²) in [6, 6.07) is 22.6. The summed E-state index contributed by atoms with van der Waals surface area (Å²) in [5.74, 6) is 0.664. The molecule has 0 saturated heterocycles. The summed E-state index contributed by atoms with van der Waals surface area (Å²) in [4.78, 5) is 5.16. The summed E-state index contributed by atoms with van der Waals surface area (Å²) in [5.41, 5.74) is 13.8. The van der Waals surface area contributed by atoms with E-state index in [1.807, 2.05) is 0 Å². The van der Waals surface area contributed by atoms with Crippen LogP contribution in [0.5, 0.6) is 0 Å². The molecular weight excluding hydrogens is 585 g/mol. The number of hydrogen-bond donors (Lipinski definition) is 0. The fraction of sp³-hybridized carbons (Fsp3) is 0.378. The Morgan fingerprint density at radius 3 is 2.54 bits per heavy atom. The highest BCUT2D eigenvalue weighted by molar-refractivity contribution is 14.1. The highest BCUT2D eigenvalue weighted by Gasteiger charge is 2.37. The zero-order valence-electron chi connectivity index (χ0n) is 24.3. The van der Waals surface area contributed by atoms with Crippen LogP contribution in [0, 0.1) is 28.8 Å². The van der Waals surface area contributed by atoms with E-state index in [1.54, 1.807) is 5.57 Å². The van der Waals surface area contributed by atoms with Gasteiger partial charge < -0.3 is 0 Å². The molecule has 0 fully saturated rings. The lowest BCUT2D eigenvalue weighted by molar-refractivity contribution is 0.261. The number of nitrogens with zero attached hydrogens (tertiary/aromatic N) is 1. The summed E-state index contributed by atoms with van der Waals surface area (Å²) >= 11 is 2.42. The van der Waals surface area contributed by atoms with Gasteiger partial charge in [-0.15, -0.1) is 0 Å². The van der Waals surface area contributed by atoms with E-state index in [0.717, 1.165) is 30.7 Å². The topological polar surface area (TPSA) is 12.4 Å². The third kappa shape index (κ3) is 6.16. The molecule has 5 rings (SSSR count). The molecule has 202 valence electrons. The van der Waals surface area contributed by atoms with Gasteiger partial charge in [-0.2, -0.15) is 0 Å². The van der Waals surface area contributed by atoms with Gasteiger partial charge in [-0.05, 0) is 138 Å². The Hall–Kier alpha value is -2.46. The van der Waals surface area contributed by atoms with Gasteiger partial charge in [0.1, 0.15) is 0 Å². The van der Waals surface area contributed by atoms with Crippen molar-refractivity contribution in [1.29, 1.82) is 0 Å². The van der Waals surface area contributed by atoms with Crippen LogP contribution in [0.3, 0.4) is 0 Å². The molecule has 0 bridgehead atoms. The van der Waals surface area contributed by atoms with Gasteiger partial charge in [0.15, 0.2) is 0 Å². The van der Waals surface area contributed by atoms with Crippen LogP contribution in [-0.2, 0) is 12.8 Å². The first-order valence-corrected chi connectivity index (χ1v) is 15.7. The lowest BCUT2D eigenvalue weighted by Gasteiger charge is -2.42. The van der Waals surface area contributed by atoms with E-state index in [0.29, 0.717) is 5.92 Å². The van der Waals surface area contributed by atoms with Crippen LogP contribution in [0.25, 0.3) is 5.57 Å². The van der Waals surface area contributed by atoms with Crippen molar-refractivity contribution in [3.8, 4) is 0 Å². The minimum atomic E-state index is 0.279. The van der Waals surface area contributed by atoms with Crippen LogP contribution in [0.1, 0.15) is 86.3 Å². The molecule has 0 aliphatic heterocycles. The standard InChI is InChI=1S/C37H42IN/c1-6-9-28-13-16-30(17-14-28)31-20-21-37(5)24-29(15-18-33(37)23-31)22-32-10-7-8-11-34(32)27(4)39-36-26(3)25(2)12-19-35(36)38/h7-8,10-14,16-20,29H,6,9,15,21-24H2,1-5H3/b39-27+/t29-,37+/m0/s1. The number of aliphatic imine (C=N–C) groups is 1. The molecule has 3 aromatic rings. The van der Waals surface area contributed by atoms with Crippen LogP contribution >= 0.6 is 22.6 Å². The molecule has 0 spiro atoms. The molecule has 0 aromatic heterocycles. The van der Waals surface area contributed by atoms with Gasteiger partial charge in [-0.25, -0.2) is 0 Å². The Balaban J connectivity index is 1.32. The number of allylic oxidation sites excluding steroid dienone is 4. The number of halogens is 1. The zero-order chi connectivity index (χ0) is 27.6. The molecule has 0 heterocycles. The van der Waals surface area contributed by atoms with Gasteiger partial charge >= 0.3 is 0 Å². The molecule has 2 atom stereocenters. The van der Waals surface area contributed by atoms with Crippen LogP contribution in [0.4, 0.5) is 5.69 Å². The van der Waals surface area contributed by atoms with E-state index < -0.39 is 0 Å². The average Bonchev–Trinajstić information content (AvgIpc) is 2.93. The van der Waals surface area contributed by atoms with Crippen molar-refractivity contribution >= 4 is 39.6 Å². The number of aryl methyl sites for hydroxylation is 2. The van der Waals surface area contributed by atoms with Crippen LogP contribution < -0.4 is 0 Å². The van der Waals surface area contributed by atoms with E-state index in [2.05, 4.69) is 130 Å². The van der Waals surface area contributed by atoms with Crippen molar-refractivity contribution in [2.75, 3.05) is 0 Å². The Labute approximate surface area is 249 Å². The Bertz CT molecular complexity index is 1440. The molecular formula is C37H42IN. The van der Waals surface area contributed by atoms with Crippen molar-refractivity contribution in [1.82, 2.24) is 0 Å². The zero-order valence-corrected chi connectivity index (χ0v) is 26.4. The molecule has 1 nitrogen and oxygen atoms in total. The minimum absolute atomic E-state index is 0.279. The summed E-state index contributed by atoms with van der Waals surface area (Å²) in [6.07, 6.45) is 13.3. The van der Waals surface area contributed by atoms with E-state index in [4.69, 9.17) is 4.99 Å². The second-order valence-corrected chi connectivity index (χ2v) is 13.2. The fourth-order valence-corrected chi connectivity index (χ4v) is 7.28. The summed E-state index contributed by atoms with van der Waals surface area (Å²) in [5, 5.41) is 0. The van der Waals surface area contributed by atoms with Crippen LogP contribution in [0.15, 0.2) is 83.4 Å². The Kier molecular flexibility index (Phi) is 8.61. The van der Waals surface area contributed by atoms with Crippen molar-refractivity contribution < 1.29 is 0 Å². The fourth-order valence-electron chi connectivity index (χ4n) is 6.58. The number of benzene rings is 3. The Morgan fingerprint density at radius 2 is 1.77 bits per heavy atom. The van der Waals surface area contributed by atoms with Crippen LogP contribution in [-0.4, -0.2) is 5.71 Å². The smallest absolute Gasteiger partial charge is 0.0798 e. The van der Waals surface area contributed by atoms with Gasteiger partial charge in [0.05, 0.1) is 5.69 Å². The largest absolute Gasteiger partial charge is 0.252 e. The minimum Gasteiger partial charge on any atom is -0.252 e. The first-order chi connectivity index (χ1) is 18.8. The molecule has 2 aliphatic rings. The third-order valence-electron chi connectivity index (χ3n) is 9.10. The average molecular weight is 628 g/mol. The predicted octanol–water partition coefficient (Wildman–Crippen LogP) is 10.8. The SMILES string of the molecule is CCCc1ccc(C2=CC[C@]3(C)C[C@H](Cc4ccccc4/C(C)=N/c4c(I)ccc(C)c4C)CC=C3C2)cc1. The molecule has 0 saturated carbocycles. The van der Waals surface area contributed by atoms with Crippen molar-refractivity contribution in [2.24, 2.45) is 16.3 Å². The second-order valence-electron chi connectivity index (χ2n) is 12.0. The second kappa shape index (κ2) is 12.0. The molecule has 2 aliphatic carbocycles. The summed E-state index contributed by atoms with van der Waals surface area (Å²) in [7, 11) is 0. The predicted molar refractivity (Wildman–Crippen MR) is 177 cm³/mol. The highest BCUT2D eigenvalue weighted by Crippen LogP contribution is 2.50. The quantitative estimate of drug-likeness (QED) is 0.140. The van der Waals surface area contributed by atoms with Crippen molar-refractivity contribution in [2.45, 2.75) is 79.6 Å². The highest BCUT2D eigenvalue weighted by atomic mass is 127. The van der Waals surface area contributed by atoms with E-state index >= 15 is 0 Å². The van der Waals surface area contributed by atoms with Gasteiger partial charge in [-0.1, -0.05) is 92.6 Å². The van der Waals surface area contributed by atoms with E-state index in [9.17, 15) is 0 Å². The van der Waals surface area contributed by atoms with Gasteiger partial charge in [0, 0.05) is 9.28 Å². The lowest BCUT2D eigenvalue weighted by Crippen LogP contribution is -2.30. The van der Waals surface area contributed by atoms with Crippen molar-refractivity contribution in [3.63, 3.8) is 0 Å². The maximum atomic E-state index is 5.16. The number of fused-ring (bicyclic) bond motifs is 1. The van der Waals surface area contributed by atoms with Gasteiger partial charge in [0.25, 0.3) is 0 Å². The van der Waals surface area contributed by atoms with E-state index in [1.165, 1.54) is 68.2 Å².